The number of halogens is 9. The molecule has 0 aromatic heterocycles. The van der Waals surface area contributed by atoms with E-state index in [4.69, 9.17) is 0 Å². The fourth-order valence-corrected chi connectivity index (χ4v) is 1.40. The summed E-state index contributed by atoms with van der Waals surface area (Å²) in [4.78, 5) is 11.1. The van der Waals surface area contributed by atoms with Crippen LogP contribution in [0.4, 0.5) is 39.5 Å². The highest BCUT2D eigenvalue weighted by atomic mass is 19.4. The van der Waals surface area contributed by atoms with E-state index in [0.717, 1.165) is 0 Å². The summed E-state index contributed by atoms with van der Waals surface area (Å²) in [6, 6.07) is -0.389. The van der Waals surface area contributed by atoms with Gasteiger partial charge in [0.15, 0.2) is 5.78 Å². The minimum absolute atomic E-state index is 0.194. The number of alkyl halides is 6. The predicted octanol–water partition coefficient (Wildman–Crippen LogP) is 4.03. The van der Waals surface area contributed by atoms with Crippen molar-refractivity contribution in [2.45, 2.75) is 12.4 Å². The molecule has 0 fully saturated rings. The molecule has 1 aromatic carbocycles. The highest BCUT2D eigenvalue weighted by molar-refractivity contribution is 5.99. The Balaban J connectivity index is 3.42. The second-order valence-electron chi connectivity index (χ2n) is 3.62. The van der Waals surface area contributed by atoms with Gasteiger partial charge in [-0.05, 0) is 0 Å². The standard InChI is InChI=1S/C10H3F9O/c11-3-1-4(12)6(5(13)2-3)7(20)8(9(14,15)16)10(17,18)19/h1-2,8H. The van der Waals surface area contributed by atoms with Crippen molar-refractivity contribution in [3.05, 3.63) is 35.1 Å². The van der Waals surface area contributed by atoms with Gasteiger partial charge >= 0.3 is 12.4 Å². The molecule has 0 aliphatic heterocycles. The number of carbonyl (C=O) groups excluding carboxylic acids is 1. The van der Waals surface area contributed by atoms with E-state index < -0.39 is 47.1 Å². The van der Waals surface area contributed by atoms with Crippen molar-refractivity contribution in [2.24, 2.45) is 5.92 Å². The molecule has 0 atom stereocenters. The number of carbonyl (C=O) groups is 1. The summed E-state index contributed by atoms with van der Waals surface area (Å²) in [7, 11) is 0. The summed E-state index contributed by atoms with van der Waals surface area (Å²) in [6.07, 6.45) is -12.2. The van der Waals surface area contributed by atoms with Crippen LogP contribution >= 0.6 is 0 Å². The molecular weight excluding hydrogens is 307 g/mol. The highest BCUT2D eigenvalue weighted by Gasteiger charge is 2.61. The fourth-order valence-electron chi connectivity index (χ4n) is 1.40. The molecule has 20 heavy (non-hydrogen) atoms. The molecule has 1 nitrogen and oxygen atoms in total. The number of benzene rings is 1. The zero-order valence-corrected chi connectivity index (χ0v) is 9.04. The molecule has 1 rings (SSSR count). The smallest absolute Gasteiger partial charge is 0.293 e. The van der Waals surface area contributed by atoms with Crippen LogP contribution in [0.5, 0.6) is 0 Å². The number of hydrogen-bond donors (Lipinski definition) is 0. The summed E-state index contributed by atoms with van der Waals surface area (Å²) in [5.41, 5.74) is -2.09. The highest BCUT2D eigenvalue weighted by Crippen LogP contribution is 2.41. The van der Waals surface area contributed by atoms with Crippen LogP contribution in [0, 0.1) is 23.4 Å². The van der Waals surface area contributed by atoms with Gasteiger partial charge in [0.2, 0.25) is 5.92 Å². The van der Waals surface area contributed by atoms with Crippen molar-refractivity contribution < 1.29 is 44.3 Å². The Hall–Kier alpha value is -1.74. The van der Waals surface area contributed by atoms with Crippen LogP contribution in [0.25, 0.3) is 0 Å². The largest absolute Gasteiger partial charge is 0.407 e. The van der Waals surface area contributed by atoms with Crippen LogP contribution < -0.4 is 0 Å². The SMILES string of the molecule is O=C(c1c(F)cc(F)cc1F)C(C(F)(F)F)C(F)(F)F. The van der Waals surface area contributed by atoms with Crippen molar-refractivity contribution in [1.29, 1.82) is 0 Å². The first-order valence-corrected chi connectivity index (χ1v) is 4.68. The minimum Gasteiger partial charge on any atom is -0.293 e. The van der Waals surface area contributed by atoms with Crippen LogP contribution in [-0.2, 0) is 0 Å². The van der Waals surface area contributed by atoms with Gasteiger partial charge in [-0.15, -0.1) is 0 Å². The average Bonchev–Trinajstić information content (AvgIpc) is 2.09. The van der Waals surface area contributed by atoms with E-state index in [1.54, 1.807) is 0 Å². The number of rotatable bonds is 2. The summed E-state index contributed by atoms with van der Waals surface area (Å²) in [5.74, 6) is -13.4. The lowest BCUT2D eigenvalue weighted by Crippen LogP contribution is -2.43. The number of Topliss-reactive ketones (excluding diaryl/α,β-unsaturated/α-hetero) is 1. The van der Waals surface area contributed by atoms with Crippen LogP contribution in [0.2, 0.25) is 0 Å². The van der Waals surface area contributed by atoms with E-state index in [1.165, 1.54) is 0 Å². The van der Waals surface area contributed by atoms with E-state index in [0.29, 0.717) is 0 Å². The van der Waals surface area contributed by atoms with E-state index >= 15 is 0 Å². The van der Waals surface area contributed by atoms with Gasteiger partial charge in [-0.2, -0.15) is 26.3 Å². The van der Waals surface area contributed by atoms with Crippen molar-refractivity contribution in [3.63, 3.8) is 0 Å². The molecule has 0 radical (unpaired) electrons. The molecule has 112 valence electrons. The van der Waals surface area contributed by atoms with E-state index in [9.17, 15) is 44.3 Å². The van der Waals surface area contributed by atoms with Crippen molar-refractivity contribution in [1.82, 2.24) is 0 Å². The first-order valence-electron chi connectivity index (χ1n) is 4.68. The van der Waals surface area contributed by atoms with Gasteiger partial charge < -0.3 is 0 Å². The molecule has 0 aliphatic carbocycles. The van der Waals surface area contributed by atoms with Gasteiger partial charge in [-0.1, -0.05) is 0 Å². The van der Waals surface area contributed by atoms with Crippen molar-refractivity contribution >= 4 is 5.78 Å². The second kappa shape index (κ2) is 4.98. The second-order valence-corrected chi connectivity index (χ2v) is 3.62. The van der Waals surface area contributed by atoms with Gasteiger partial charge in [-0.3, -0.25) is 4.79 Å². The third-order valence-corrected chi connectivity index (χ3v) is 2.17. The zero-order chi connectivity index (χ0) is 15.9. The Morgan fingerprint density at radius 2 is 1.20 bits per heavy atom. The molecular formula is C10H3F9O. The Morgan fingerprint density at radius 3 is 1.50 bits per heavy atom. The Morgan fingerprint density at radius 1 is 0.850 bits per heavy atom. The average molecular weight is 310 g/mol. The van der Waals surface area contributed by atoms with Crippen LogP contribution in [-0.4, -0.2) is 18.1 Å². The van der Waals surface area contributed by atoms with E-state index in [-0.39, 0.29) is 12.1 Å². The monoisotopic (exact) mass is 310 g/mol. The van der Waals surface area contributed by atoms with Gasteiger partial charge in [-0.25, -0.2) is 13.2 Å². The summed E-state index contributed by atoms with van der Waals surface area (Å²) >= 11 is 0. The third-order valence-electron chi connectivity index (χ3n) is 2.17. The molecule has 10 heteroatoms. The number of hydrogen-bond acceptors (Lipinski definition) is 1. The van der Waals surface area contributed by atoms with Gasteiger partial charge in [0.25, 0.3) is 0 Å². The zero-order valence-electron chi connectivity index (χ0n) is 9.04. The predicted molar refractivity (Wildman–Crippen MR) is 46.2 cm³/mol. The maximum absolute atomic E-state index is 13.1. The molecule has 0 heterocycles. The van der Waals surface area contributed by atoms with Gasteiger partial charge in [0.1, 0.15) is 17.5 Å². The minimum atomic E-state index is -6.09. The van der Waals surface area contributed by atoms with Gasteiger partial charge in [0.05, 0.1) is 5.56 Å². The van der Waals surface area contributed by atoms with Crippen LogP contribution in [0.1, 0.15) is 10.4 Å². The molecule has 0 saturated heterocycles. The molecule has 0 amide bonds. The maximum atomic E-state index is 13.1. The molecule has 0 aliphatic rings. The molecule has 0 bridgehead atoms. The Labute approximate surface area is 105 Å². The Bertz CT molecular complexity index is 492. The molecule has 0 spiro atoms. The van der Waals surface area contributed by atoms with Crippen molar-refractivity contribution in [2.75, 3.05) is 0 Å². The molecule has 0 unspecified atom stereocenters. The molecule has 0 N–H and O–H groups in total. The summed E-state index contributed by atoms with van der Waals surface area (Å²) in [6.45, 7) is 0. The third kappa shape index (κ3) is 3.23. The quantitative estimate of drug-likeness (QED) is 0.595. The van der Waals surface area contributed by atoms with E-state index in [1.807, 2.05) is 0 Å². The molecule has 1 aromatic rings. The summed E-state index contributed by atoms with van der Waals surface area (Å²) in [5, 5.41) is 0. The molecule has 0 saturated carbocycles. The first kappa shape index (κ1) is 16.3. The topological polar surface area (TPSA) is 17.1 Å². The van der Waals surface area contributed by atoms with Gasteiger partial charge in [0, 0.05) is 12.1 Å². The maximum Gasteiger partial charge on any atom is 0.407 e. The summed E-state index contributed by atoms with van der Waals surface area (Å²) < 4.78 is 112. The van der Waals surface area contributed by atoms with Crippen molar-refractivity contribution in [3.8, 4) is 0 Å². The normalized spacial score (nSPS) is 12.9. The fraction of sp³-hybridized carbons (Fsp3) is 0.300. The van der Waals surface area contributed by atoms with Crippen LogP contribution in [0.15, 0.2) is 12.1 Å². The number of ketones is 1. The van der Waals surface area contributed by atoms with E-state index in [2.05, 4.69) is 0 Å². The van der Waals surface area contributed by atoms with Crippen LogP contribution in [0.3, 0.4) is 0 Å². The lowest BCUT2D eigenvalue weighted by molar-refractivity contribution is -0.265. The lowest BCUT2D eigenvalue weighted by Gasteiger charge is -2.22. The first-order chi connectivity index (χ1) is 8.85. The lowest BCUT2D eigenvalue weighted by atomic mass is 9.95. The Kier molecular flexibility index (Phi) is 4.07.